The molecule has 0 amide bonds. The largest absolute Gasteiger partial charge is 0.332 e. The molecule has 106 valence electrons. The number of hydrogen-bond acceptors (Lipinski definition) is 7. The summed E-state index contributed by atoms with van der Waals surface area (Å²) in [5.74, 6) is 1.13. The molecule has 5 heterocycles. The fourth-order valence-electron chi connectivity index (χ4n) is 2.92. The van der Waals surface area contributed by atoms with Gasteiger partial charge in [0.25, 0.3) is 5.89 Å². The van der Waals surface area contributed by atoms with E-state index in [9.17, 15) is 0 Å². The molecule has 3 aliphatic heterocycles. The van der Waals surface area contributed by atoms with E-state index in [-0.39, 0.29) is 6.04 Å². The summed E-state index contributed by atoms with van der Waals surface area (Å²) < 4.78 is 5.33. The summed E-state index contributed by atoms with van der Waals surface area (Å²) in [5.41, 5.74) is 1.12. The highest BCUT2D eigenvalue weighted by Gasteiger charge is 2.35. The lowest BCUT2D eigenvalue weighted by Crippen LogP contribution is -2.57. The van der Waals surface area contributed by atoms with Gasteiger partial charge < -0.3 is 4.52 Å². The van der Waals surface area contributed by atoms with Crippen LogP contribution in [-0.2, 0) is 0 Å². The van der Waals surface area contributed by atoms with Gasteiger partial charge in [-0.2, -0.15) is 10.2 Å². The summed E-state index contributed by atoms with van der Waals surface area (Å²) in [6.45, 7) is 5.32. The molecule has 0 radical (unpaired) electrons. The molecule has 0 N–H and O–H groups in total. The molecule has 7 nitrogen and oxygen atoms in total. The number of rotatable bonds is 2. The van der Waals surface area contributed by atoms with Crippen molar-refractivity contribution in [1.82, 2.24) is 24.9 Å². The highest BCUT2D eigenvalue weighted by molar-refractivity contribution is 5.47. The quantitative estimate of drug-likeness (QED) is 0.800. The van der Waals surface area contributed by atoms with Gasteiger partial charge in [-0.3, -0.25) is 9.80 Å². The zero-order valence-electron chi connectivity index (χ0n) is 11.4. The standard InChI is InChI=1S/C14H14N6O/c15-7-10-1-2-11(16-8-10)14-17-13(18-21-14)12-9-19-3-5-20(12)6-4-19/h1-2,8,12H,3-6,9H2. The predicted molar refractivity (Wildman–Crippen MR) is 73.0 cm³/mol. The molecular formula is C14H14N6O. The fourth-order valence-corrected chi connectivity index (χ4v) is 2.92. The Morgan fingerprint density at radius 3 is 2.71 bits per heavy atom. The van der Waals surface area contributed by atoms with Crippen molar-refractivity contribution in [3.63, 3.8) is 0 Å². The predicted octanol–water partition coefficient (Wildman–Crippen LogP) is 0.676. The first-order valence-electron chi connectivity index (χ1n) is 7.00. The van der Waals surface area contributed by atoms with Gasteiger partial charge in [-0.05, 0) is 12.1 Å². The first-order valence-corrected chi connectivity index (χ1v) is 7.00. The van der Waals surface area contributed by atoms with Crippen molar-refractivity contribution in [3.05, 3.63) is 29.7 Å². The lowest BCUT2D eigenvalue weighted by molar-refractivity contribution is 0.00781. The minimum absolute atomic E-state index is 0.211. The Morgan fingerprint density at radius 2 is 2.10 bits per heavy atom. The molecular weight excluding hydrogens is 268 g/mol. The van der Waals surface area contributed by atoms with E-state index < -0.39 is 0 Å². The van der Waals surface area contributed by atoms with Crippen molar-refractivity contribution in [2.75, 3.05) is 32.7 Å². The normalized spacial score (nSPS) is 27.5. The van der Waals surface area contributed by atoms with Gasteiger partial charge in [-0.1, -0.05) is 5.16 Å². The lowest BCUT2D eigenvalue weighted by atomic mass is 10.1. The van der Waals surface area contributed by atoms with Gasteiger partial charge in [0.05, 0.1) is 11.6 Å². The van der Waals surface area contributed by atoms with Gasteiger partial charge in [0.1, 0.15) is 11.8 Å². The Bertz CT molecular complexity index is 680. The van der Waals surface area contributed by atoms with Crippen LogP contribution in [0.3, 0.4) is 0 Å². The van der Waals surface area contributed by atoms with E-state index in [1.54, 1.807) is 12.1 Å². The molecule has 2 aromatic rings. The average molecular weight is 282 g/mol. The molecule has 2 aromatic heterocycles. The van der Waals surface area contributed by atoms with Crippen molar-refractivity contribution < 1.29 is 4.52 Å². The summed E-state index contributed by atoms with van der Waals surface area (Å²) in [5, 5.41) is 12.9. The molecule has 3 fully saturated rings. The first-order chi connectivity index (χ1) is 10.3. The summed E-state index contributed by atoms with van der Waals surface area (Å²) in [4.78, 5) is 13.5. The summed E-state index contributed by atoms with van der Waals surface area (Å²) in [6.07, 6.45) is 1.51. The maximum absolute atomic E-state index is 8.78. The van der Waals surface area contributed by atoms with Gasteiger partial charge in [0.2, 0.25) is 0 Å². The number of fused-ring (bicyclic) bond motifs is 3. The van der Waals surface area contributed by atoms with Crippen LogP contribution in [0.5, 0.6) is 0 Å². The van der Waals surface area contributed by atoms with Crippen LogP contribution >= 0.6 is 0 Å². The third kappa shape index (κ3) is 2.18. The third-order valence-corrected chi connectivity index (χ3v) is 4.13. The highest BCUT2D eigenvalue weighted by atomic mass is 16.5. The Kier molecular flexibility index (Phi) is 2.91. The second kappa shape index (κ2) is 4.91. The summed E-state index contributed by atoms with van der Waals surface area (Å²) >= 11 is 0. The van der Waals surface area contributed by atoms with Crippen molar-refractivity contribution in [2.45, 2.75) is 6.04 Å². The number of aromatic nitrogens is 3. The van der Waals surface area contributed by atoms with Crippen LogP contribution in [0.1, 0.15) is 17.4 Å². The van der Waals surface area contributed by atoms with Gasteiger partial charge >= 0.3 is 0 Å². The SMILES string of the molecule is N#Cc1ccc(-c2nc(C3CN4CCN3CC4)no2)nc1. The van der Waals surface area contributed by atoms with Gasteiger partial charge in [0.15, 0.2) is 5.82 Å². The maximum atomic E-state index is 8.78. The van der Waals surface area contributed by atoms with E-state index in [0.717, 1.165) is 38.5 Å². The molecule has 5 rings (SSSR count). The van der Waals surface area contributed by atoms with Gasteiger partial charge in [-0.25, -0.2) is 4.98 Å². The third-order valence-electron chi connectivity index (χ3n) is 4.13. The Labute approximate surface area is 121 Å². The molecule has 0 spiro atoms. The first kappa shape index (κ1) is 12.4. The zero-order valence-corrected chi connectivity index (χ0v) is 11.4. The van der Waals surface area contributed by atoms with Crippen LogP contribution in [0.15, 0.2) is 22.9 Å². The van der Waals surface area contributed by atoms with E-state index >= 15 is 0 Å². The molecule has 1 unspecified atom stereocenters. The van der Waals surface area contributed by atoms with Crippen molar-refractivity contribution in [2.24, 2.45) is 0 Å². The number of hydrogen-bond donors (Lipinski definition) is 0. The Balaban J connectivity index is 1.59. The number of nitrogens with zero attached hydrogens (tertiary/aromatic N) is 6. The molecule has 2 bridgehead atoms. The van der Waals surface area contributed by atoms with Crippen LogP contribution in [0.4, 0.5) is 0 Å². The van der Waals surface area contributed by atoms with Crippen LogP contribution < -0.4 is 0 Å². The molecule has 0 aromatic carbocycles. The fraction of sp³-hybridized carbons (Fsp3) is 0.429. The smallest absolute Gasteiger partial charge is 0.276 e. The van der Waals surface area contributed by atoms with Crippen LogP contribution in [0, 0.1) is 11.3 Å². The van der Waals surface area contributed by atoms with E-state index in [1.807, 2.05) is 6.07 Å². The van der Waals surface area contributed by atoms with Crippen molar-refractivity contribution in [1.29, 1.82) is 5.26 Å². The van der Waals surface area contributed by atoms with Crippen molar-refractivity contribution in [3.8, 4) is 17.7 Å². The molecule has 3 aliphatic rings. The number of piperazine rings is 3. The molecule has 0 aliphatic carbocycles. The van der Waals surface area contributed by atoms with E-state index in [0.29, 0.717) is 17.1 Å². The molecule has 1 atom stereocenters. The highest BCUT2D eigenvalue weighted by Crippen LogP contribution is 2.28. The van der Waals surface area contributed by atoms with Crippen LogP contribution in [-0.4, -0.2) is 57.6 Å². The Morgan fingerprint density at radius 1 is 1.24 bits per heavy atom. The van der Waals surface area contributed by atoms with E-state index in [4.69, 9.17) is 9.78 Å². The molecule has 21 heavy (non-hydrogen) atoms. The van der Waals surface area contributed by atoms with Crippen molar-refractivity contribution >= 4 is 0 Å². The number of nitriles is 1. The van der Waals surface area contributed by atoms with E-state index in [1.165, 1.54) is 6.20 Å². The molecule has 0 saturated carbocycles. The van der Waals surface area contributed by atoms with Crippen LogP contribution in [0.2, 0.25) is 0 Å². The molecule has 7 heteroatoms. The Hall–Kier alpha value is -2.30. The van der Waals surface area contributed by atoms with Crippen LogP contribution in [0.25, 0.3) is 11.6 Å². The monoisotopic (exact) mass is 282 g/mol. The average Bonchev–Trinajstić information content (AvgIpc) is 3.06. The second-order valence-electron chi connectivity index (χ2n) is 5.35. The molecule has 3 saturated heterocycles. The number of pyridine rings is 1. The minimum Gasteiger partial charge on any atom is -0.332 e. The minimum atomic E-state index is 0.211. The van der Waals surface area contributed by atoms with E-state index in [2.05, 4.69) is 24.9 Å². The second-order valence-corrected chi connectivity index (χ2v) is 5.35. The van der Waals surface area contributed by atoms with Gasteiger partial charge in [-0.15, -0.1) is 0 Å². The zero-order chi connectivity index (χ0) is 14.2. The van der Waals surface area contributed by atoms with Gasteiger partial charge in [0, 0.05) is 38.9 Å². The summed E-state index contributed by atoms with van der Waals surface area (Å²) in [7, 11) is 0. The maximum Gasteiger partial charge on any atom is 0.276 e. The topological polar surface area (TPSA) is 82.1 Å². The lowest BCUT2D eigenvalue weighted by Gasteiger charge is -2.46. The summed E-state index contributed by atoms with van der Waals surface area (Å²) in [6, 6.07) is 5.68.